The molecular weight excluding hydrogens is 320 g/mol. The van der Waals surface area contributed by atoms with Crippen molar-refractivity contribution in [3.63, 3.8) is 0 Å². The zero-order valence-corrected chi connectivity index (χ0v) is 14.8. The Morgan fingerprint density at radius 1 is 1.53 bits per heavy atom. The average molecular weight is 345 g/mol. The summed E-state index contributed by atoms with van der Waals surface area (Å²) in [6.07, 6.45) is 1.26. The second-order valence-corrected chi connectivity index (χ2v) is 8.45. The van der Waals surface area contributed by atoms with Crippen LogP contribution in [0.3, 0.4) is 0 Å². The lowest BCUT2D eigenvalue weighted by Gasteiger charge is -2.46. The molecule has 2 nitrogen and oxygen atoms in total. The fourth-order valence-corrected chi connectivity index (χ4v) is 4.19. The molecule has 0 saturated carbocycles. The predicted molar refractivity (Wildman–Crippen MR) is 87.8 cm³/mol. The van der Waals surface area contributed by atoms with E-state index in [4.69, 9.17) is 0 Å². The van der Waals surface area contributed by atoms with Gasteiger partial charge < -0.3 is 5.32 Å². The fourth-order valence-electron chi connectivity index (χ4n) is 2.70. The van der Waals surface area contributed by atoms with Crippen LogP contribution in [0.4, 0.5) is 0 Å². The van der Waals surface area contributed by atoms with Gasteiger partial charge in [0.2, 0.25) is 0 Å². The highest BCUT2D eigenvalue weighted by Gasteiger charge is 2.34. The molecule has 0 amide bonds. The summed E-state index contributed by atoms with van der Waals surface area (Å²) in [6, 6.07) is 2.78. The lowest BCUT2D eigenvalue weighted by molar-refractivity contribution is 0.0543. The number of rotatable bonds is 4. The first-order chi connectivity index (χ1) is 8.88. The summed E-state index contributed by atoms with van der Waals surface area (Å²) in [5.74, 6) is 0.758. The molecule has 1 atom stereocenters. The molecule has 1 aromatic heterocycles. The molecular formula is C15H25BrN2S. The summed E-state index contributed by atoms with van der Waals surface area (Å²) in [5, 5.41) is 5.88. The van der Waals surface area contributed by atoms with Gasteiger partial charge in [0.05, 0.1) is 0 Å². The average Bonchev–Trinajstić information content (AvgIpc) is 2.69. The van der Waals surface area contributed by atoms with E-state index in [-0.39, 0.29) is 5.54 Å². The summed E-state index contributed by atoms with van der Waals surface area (Å²) in [7, 11) is 0. The van der Waals surface area contributed by atoms with Gasteiger partial charge in [-0.05, 0) is 53.6 Å². The summed E-state index contributed by atoms with van der Waals surface area (Å²) in [6.45, 7) is 12.6. The Balaban J connectivity index is 2.04. The minimum absolute atomic E-state index is 0.233. The minimum Gasteiger partial charge on any atom is -0.311 e. The Labute approximate surface area is 129 Å². The zero-order valence-electron chi connectivity index (χ0n) is 12.4. The van der Waals surface area contributed by atoms with E-state index in [9.17, 15) is 0 Å². The van der Waals surface area contributed by atoms with Gasteiger partial charge in [0.15, 0.2) is 0 Å². The summed E-state index contributed by atoms with van der Waals surface area (Å²) < 4.78 is 1.26. The zero-order chi connectivity index (χ0) is 14.0. The molecule has 1 aliphatic rings. The number of thiophene rings is 1. The Morgan fingerprint density at radius 2 is 2.26 bits per heavy atom. The van der Waals surface area contributed by atoms with Crippen LogP contribution < -0.4 is 5.32 Å². The predicted octanol–water partition coefficient (Wildman–Crippen LogP) is 4.11. The fraction of sp³-hybridized carbons (Fsp3) is 0.733. The Hall–Kier alpha value is 0.1000. The SMILES string of the molecule is CC(C)CC1CN(Cc2sccc2Br)C(C)(C)CN1. The van der Waals surface area contributed by atoms with Crippen LogP contribution in [-0.2, 0) is 6.54 Å². The molecule has 1 aliphatic heterocycles. The Morgan fingerprint density at radius 3 is 2.84 bits per heavy atom. The highest BCUT2D eigenvalue weighted by Crippen LogP contribution is 2.29. The lowest BCUT2D eigenvalue weighted by Crippen LogP contribution is -2.61. The molecule has 1 saturated heterocycles. The van der Waals surface area contributed by atoms with Crippen molar-refractivity contribution in [1.82, 2.24) is 10.2 Å². The normalized spacial score (nSPS) is 24.0. The highest BCUT2D eigenvalue weighted by molar-refractivity contribution is 9.10. The second-order valence-electron chi connectivity index (χ2n) is 6.59. The third-order valence-corrected chi connectivity index (χ3v) is 5.81. The number of piperazine rings is 1. The van der Waals surface area contributed by atoms with Gasteiger partial charge in [0.1, 0.15) is 0 Å². The van der Waals surface area contributed by atoms with Crippen molar-refractivity contribution < 1.29 is 0 Å². The molecule has 0 aromatic carbocycles. The molecule has 108 valence electrons. The molecule has 2 rings (SSSR count). The smallest absolute Gasteiger partial charge is 0.0345 e. The molecule has 4 heteroatoms. The Kier molecular flexibility index (Phi) is 5.09. The van der Waals surface area contributed by atoms with Crippen molar-refractivity contribution in [3.8, 4) is 0 Å². The van der Waals surface area contributed by atoms with E-state index in [1.54, 1.807) is 0 Å². The molecule has 1 unspecified atom stereocenters. The van der Waals surface area contributed by atoms with Crippen LogP contribution in [0.25, 0.3) is 0 Å². The third-order valence-electron chi connectivity index (χ3n) is 3.90. The van der Waals surface area contributed by atoms with Crippen molar-refractivity contribution >= 4 is 27.3 Å². The van der Waals surface area contributed by atoms with Gasteiger partial charge in [-0.15, -0.1) is 11.3 Å². The third kappa shape index (κ3) is 4.03. The molecule has 19 heavy (non-hydrogen) atoms. The molecule has 0 bridgehead atoms. The van der Waals surface area contributed by atoms with Crippen molar-refractivity contribution in [2.24, 2.45) is 5.92 Å². The van der Waals surface area contributed by atoms with Crippen LogP contribution in [0, 0.1) is 5.92 Å². The maximum absolute atomic E-state index is 3.71. The van der Waals surface area contributed by atoms with E-state index in [0.29, 0.717) is 6.04 Å². The molecule has 1 aromatic rings. The van der Waals surface area contributed by atoms with E-state index < -0.39 is 0 Å². The number of hydrogen-bond donors (Lipinski definition) is 1. The van der Waals surface area contributed by atoms with Crippen LogP contribution in [-0.4, -0.2) is 29.6 Å². The number of nitrogens with one attached hydrogen (secondary N) is 1. The molecule has 0 aliphatic carbocycles. The van der Waals surface area contributed by atoms with Crippen molar-refractivity contribution in [2.45, 2.75) is 52.2 Å². The largest absolute Gasteiger partial charge is 0.311 e. The number of halogens is 1. The summed E-state index contributed by atoms with van der Waals surface area (Å²) in [5.41, 5.74) is 0.233. The molecule has 1 fully saturated rings. The van der Waals surface area contributed by atoms with Crippen molar-refractivity contribution in [1.29, 1.82) is 0 Å². The molecule has 0 radical (unpaired) electrons. The molecule has 2 heterocycles. The van der Waals surface area contributed by atoms with E-state index in [1.165, 1.54) is 15.8 Å². The maximum atomic E-state index is 3.71. The number of hydrogen-bond acceptors (Lipinski definition) is 3. The van der Waals surface area contributed by atoms with E-state index >= 15 is 0 Å². The summed E-state index contributed by atoms with van der Waals surface area (Å²) >= 11 is 5.50. The van der Waals surface area contributed by atoms with E-state index in [0.717, 1.165) is 25.6 Å². The summed E-state index contributed by atoms with van der Waals surface area (Å²) in [4.78, 5) is 4.07. The van der Waals surface area contributed by atoms with Gasteiger partial charge in [0, 0.05) is 40.6 Å². The van der Waals surface area contributed by atoms with E-state index in [1.807, 2.05) is 11.3 Å². The second kappa shape index (κ2) is 6.25. The maximum Gasteiger partial charge on any atom is 0.0345 e. The van der Waals surface area contributed by atoms with Gasteiger partial charge in [0.25, 0.3) is 0 Å². The molecule has 0 spiro atoms. The standard InChI is InChI=1S/C15H25BrN2S/c1-11(2)7-12-8-18(15(3,4)10-17-12)9-14-13(16)5-6-19-14/h5-6,11-12,17H,7-10H2,1-4H3. The van der Waals surface area contributed by atoms with Crippen LogP contribution >= 0.6 is 27.3 Å². The van der Waals surface area contributed by atoms with Gasteiger partial charge >= 0.3 is 0 Å². The minimum atomic E-state index is 0.233. The van der Waals surface area contributed by atoms with Crippen LogP contribution in [0.1, 0.15) is 39.0 Å². The van der Waals surface area contributed by atoms with Crippen LogP contribution in [0.15, 0.2) is 15.9 Å². The van der Waals surface area contributed by atoms with Gasteiger partial charge in [-0.1, -0.05) is 13.8 Å². The first-order valence-corrected chi connectivity index (χ1v) is 8.76. The first-order valence-electron chi connectivity index (χ1n) is 7.09. The monoisotopic (exact) mass is 344 g/mol. The quantitative estimate of drug-likeness (QED) is 0.884. The van der Waals surface area contributed by atoms with Crippen LogP contribution in [0.2, 0.25) is 0 Å². The Bertz CT molecular complexity index is 414. The van der Waals surface area contributed by atoms with Crippen LogP contribution in [0.5, 0.6) is 0 Å². The molecule has 1 N–H and O–H groups in total. The first kappa shape index (κ1) is 15.5. The van der Waals surface area contributed by atoms with E-state index in [2.05, 4.69) is 65.3 Å². The topological polar surface area (TPSA) is 15.3 Å². The van der Waals surface area contributed by atoms with Crippen molar-refractivity contribution in [2.75, 3.05) is 13.1 Å². The number of nitrogens with zero attached hydrogens (tertiary/aromatic N) is 1. The van der Waals surface area contributed by atoms with Crippen molar-refractivity contribution in [3.05, 3.63) is 20.8 Å². The van der Waals surface area contributed by atoms with Gasteiger partial charge in [-0.25, -0.2) is 0 Å². The van der Waals surface area contributed by atoms with Gasteiger partial charge in [-0.2, -0.15) is 0 Å². The highest BCUT2D eigenvalue weighted by atomic mass is 79.9. The van der Waals surface area contributed by atoms with Gasteiger partial charge in [-0.3, -0.25) is 4.90 Å². The lowest BCUT2D eigenvalue weighted by atomic mass is 9.93.